The molecule has 0 aliphatic carbocycles. The van der Waals surface area contributed by atoms with Crippen molar-refractivity contribution in [1.82, 2.24) is 10.0 Å². The maximum absolute atomic E-state index is 11.7. The Labute approximate surface area is 120 Å². The molecule has 0 spiro atoms. The number of sulfonamides is 1. The molecule has 1 heterocycles. The highest BCUT2D eigenvalue weighted by atomic mass is 32.2. The lowest BCUT2D eigenvalue weighted by molar-refractivity contribution is -0.139. The fraction of sp³-hybridized carbons (Fsp3) is 0.917. The molecule has 0 aromatic heterocycles. The lowest BCUT2D eigenvalue weighted by atomic mass is 10.1. The van der Waals surface area contributed by atoms with Crippen LogP contribution in [0.4, 0.5) is 0 Å². The normalized spacial score (nSPS) is 18.7. The van der Waals surface area contributed by atoms with E-state index in [9.17, 15) is 13.2 Å². The van der Waals surface area contributed by atoms with Crippen molar-refractivity contribution in [2.24, 2.45) is 0 Å². The fourth-order valence-corrected chi connectivity index (χ4v) is 2.94. The smallest absolute Gasteiger partial charge is 0.325 e. The Morgan fingerprint density at radius 3 is 2.65 bits per heavy atom. The predicted molar refractivity (Wildman–Crippen MR) is 74.9 cm³/mol. The number of piperidine rings is 1. The first-order chi connectivity index (χ1) is 9.47. The van der Waals surface area contributed by atoms with E-state index in [1.54, 1.807) is 0 Å². The van der Waals surface area contributed by atoms with Crippen LogP contribution in [0, 0.1) is 0 Å². The summed E-state index contributed by atoms with van der Waals surface area (Å²) in [5.74, 6) is -0.761. The number of ether oxygens (including phenoxy) is 2. The molecule has 1 aliphatic heterocycles. The minimum absolute atomic E-state index is 0.259. The van der Waals surface area contributed by atoms with Gasteiger partial charge >= 0.3 is 5.97 Å². The molecule has 8 heteroatoms. The SMILES string of the molecule is COC(=O)C(C)S(=O)(=O)NCCCOC1CCNCC1. The van der Waals surface area contributed by atoms with Crippen LogP contribution in [0.5, 0.6) is 0 Å². The van der Waals surface area contributed by atoms with Crippen LogP contribution in [-0.4, -0.2) is 59.1 Å². The molecular weight excluding hydrogens is 284 g/mol. The zero-order valence-electron chi connectivity index (χ0n) is 12.1. The summed E-state index contributed by atoms with van der Waals surface area (Å²) in [6, 6.07) is 0. The van der Waals surface area contributed by atoms with Crippen LogP contribution >= 0.6 is 0 Å². The maximum atomic E-state index is 11.7. The van der Waals surface area contributed by atoms with Gasteiger partial charge in [0.1, 0.15) is 0 Å². The minimum Gasteiger partial charge on any atom is -0.468 e. The van der Waals surface area contributed by atoms with Gasteiger partial charge in [0.05, 0.1) is 13.2 Å². The van der Waals surface area contributed by atoms with E-state index < -0.39 is 21.2 Å². The Hall–Kier alpha value is -0.700. The number of nitrogens with one attached hydrogen (secondary N) is 2. The topological polar surface area (TPSA) is 93.7 Å². The number of carbonyl (C=O) groups is 1. The van der Waals surface area contributed by atoms with E-state index in [2.05, 4.69) is 14.8 Å². The number of rotatable bonds is 8. The Morgan fingerprint density at radius 2 is 2.05 bits per heavy atom. The Kier molecular flexibility index (Phi) is 7.42. The van der Waals surface area contributed by atoms with E-state index in [0.29, 0.717) is 13.0 Å². The van der Waals surface area contributed by atoms with Crippen molar-refractivity contribution in [2.45, 2.75) is 37.5 Å². The quantitative estimate of drug-likeness (QED) is 0.469. The summed E-state index contributed by atoms with van der Waals surface area (Å²) < 4.78 is 35.9. The summed E-state index contributed by atoms with van der Waals surface area (Å²) in [6.45, 7) is 4.01. The lowest BCUT2D eigenvalue weighted by Crippen LogP contribution is -2.39. The molecule has 0 bridgehead atoms. The third kappa shape index (κ3) is 5.74. The molecule has 1 fully saturated rings. The summed E-state index contributed by atoms with van der Waals surface area (Å²) in [5.41, 5.74) is 0. The number of esters is 1. The summed E-state index contributed by atoms with van der Waals surface area (Å²) in [4.78, 5) is 11.2. The lowest BCUT2D eigenvalue weighted by Gasteiger charge is -2.22. The Balaban J connectivity index is 2.17. The first kappa shape index (κ1) is 17.4. The molecule has 0 amide bonds. The molecule has 0 saturated carbocycles. The van der Waals surface area contributed by atoms with Crippen LogP contribution in [0.1, 0.15) is 26.2 Å². The molecule has 1 saturated heterocycles. The second-order valence-electron chi connectivity index (χ2n) is 4.78. The van der Waals surface area contributed by atoms with Gasteiger partial charge in [0.15, 0.2) is 5.25 Å². The Morgan fingerprint density at radius 1 is 1.40 bits per heavy atom. The van der Waals surface area contributed by atoms with Crippen LogP contribution in [0.25, 0.3) is 0 Å². The molecular formula is C12H24N2O5S. The van der Waals surface area contributed by atoms with Gasteiger partial charge < -0.3 is 14.8 Å². The second-order valence-corrected chi connectivity index (χ2v) is 6.86. The highest BCUT2D eigenvalue weighted by Crippen LogP contribution is 2.07. The van der Waals surface area contributed by atoms with Crippen LogP contribution in [0.2, 0.25) is 0 Å². The van der Waals surface area contributed by atoms with Crippen LogP contribution < -0.4 is 10.0 Å². The van der Waals surface area contributed by atoms with Crippen molar-refractivity contribution < 1.29 is 22.7 Å². The van der Waals surface area contributed by atoms with Crippen LogP contribution in [0.3, 0.4) is 0 Å². The maximum Gasteiger partial charge on any atom is 0.325 e. The number of hydrogen-bond acceptors (Lipinski definition) is 6. The largest absolute Gasteiger partial charge is 0.468 e. The molecule has 1 rings (SSSR count). The van der Waals surface area contributed by atoms with Crippen LogP contribution in [0.15, 0.2) is 0 Å². The molecule has 0 aromatic rings. The van der Waals surface area contributed by atoms with E-state index in [4.69, 9.17) is 4.74 Å². The van der Waals surface area contributed by atoms with E-state index in [1.807, 2.05) is 0 Å². The average molecular weight is 308 g/mol. The van der Waals surface area contributed by atoms with Gasteiger partial charge in [-0.3, -0.25) is 4.79 Å². The zero-order chi connectivity index (χ0) is 15.0. The standard InChI is InChI=1S/C12H24N2O5S/c1-10(12(15)18-2)20(16,17)14-6-3-9-19-11-4-7-13-8-5-11/h10-11,13-14H,3-9H2,1-2H3. The molecule has 7 nitrogen and oxygen atoms in total. The molecule has 0 aromatic carbocycles. The van der Waals surface area contributed by atoms with Gasteiger partial charge in [-0.1, -0.05) is 0 Å². The molecule has 1 aliphatic rings. The average Bonchev–Trinajstić information content (AvgIpc) is 2.46. The Bertz CT molecular complexity index is 393. The van der Waals surface area contributed by atoms with Crippen molar-refractivity contribution in [3.05, 3.63) is 0 Å². The summed E-state index contributed by atoms with van der Waals surface area (Å²) in [7, 11) is -2.50. The molecule has 0 radical (unpaired) electrons. The minimum atomic E-state index is -3.67. The van der Waals surface area contributed by atoms with Gasteiger partial charge in [-0.2, -0.15) is 0 Å². The first-order valence-electron chi connectivity index (χ1n) is 6.86. The summed E-state index contributed by atoms with van der Waals surface area (Å²) in [5, 5.41) is 2.05. The van der Waals surface area contributed by atoms with E-state index >= 15 is 0 Å². The third-order valence-electron chi connectivity index (χ3n) is 3.26. The molecule has 1 atom stereocenters. The van der Waals surface area contributed by atoms with Crippen molar-refractivity contribution in [1.29, 1.82) is 0 Å². The second kappa shape index (κ2) is 8.56. The van der Waals surface area contributed by atoms with Gasteiger partial charge in [-0.15, -0.1) is 0 Å². The highest BCUT2D eigenvalue weighted by Gasteiger charge is 2.28. The number of methoxy groups -OCH3 is 1. The number of hydrogen-bond donors (Lipinski definition) is 2. The number of carbonyl (C=O) groups excluding carboxylic acids is 1. The predicted octanol–water partition coefficient (Wildman–Crippen LogP) is -0.374. The van der Waals surface area contributed by atoms with Crippen molar-refractivity contribution >= 4 is 16.0 Å². The van der Waals surface area contributed by atoms with Gasteiger partial charge in [0.25, 0.3) is 0 Å². The van der Waals surface area contributed by atoms with E-state index in [1.165, 1.54) is 14.0 Å². The highest BCUT2D eigenvalue weighted by molar-refractivity contribution is 7.90. The van der Waals surface area contributed by atoms with Gasteiger partial charge in [0.2, 0.25) is 10.0 Å². The van der Waals surface area contributed by atoms with Gasteiger partial charge in [-0.05, 0) is 39.3 Å². The molecule has 1 unspecified atom stereocenters. The van der Waals surface area contributed by atoms with Crippen molar-refractivity contribution in [3.8, 4) is 0 Å². The van der Waals surface area contributed by atoms with Crippen molar-refractivity contribution in [3.63, 3.8) is 0 Å². The molecule has 2 N–H and O–H groups in total. The zero-order valence-corrected chi connectivity index (χ0v) is 12.9. The van der Waals surface area contributed by atoms with E-state index in [0.717, 1.165) is 25.9 Å². The van der Waals surface area contributed by atoms with Gasteiger partial charge in [0, 0.05) is 13.2 Å². The first-order valence-corrected chi connectivity index (χ1v) is 8.40. The molecule has 20 heavy (non-hydrogen) atoms. The summed E-state index contributed by atoms with van der Waals surface area (Å²) >= 11 is 0. The van der Waals surface area contributed by atoms with E-state index in [-0.39, 0.29) is 12.6 Å². The monoisotopic (exact) mass is 308 g/mol. The van der Waals surface area contributed by atoms with Gasteiger partial charge in [-0.25, -0.2) is 13.1 Å². The fourth-order valence-electron chi connectivity index (χ4n) is 1.92. The van der Waals surface area contributed by atoms with Crippen molar-refractivity contribution in [2.75, 3.05) is 33.4 Å². The third-order valence-corrected chi connectivity index (χ3v) is 4.99. The summed E-state index contributed by atoms with van der Waals surface area (Å²) in [6.07, 6.45) is 2.83. The van der Waals surface area contributed by atoms with Crippen LogP contribution in [-0.2, 0) is 24.3 Å². The molecule has 118 valence electrons.